The number of rotatable bonds is 8. The van der Waals surface area contributed by atoms with Crippen molar-refractivity contribution in [3.63, 3.8) is 0 Å². The lowest BCUT2D eigenvalue weighted by atomic mass is 10.0. The first-order valence-corrected chi connectivity index (χ1v) is 13.7. The average molecular weight is 425 g/mol. The number of hydrogen-bond donors (Lipinski definition) is 1. The van der Waals surface area contributed by atoms with Gasteiger partial charge in [-0.05, 0) is 72.2 Å². The van der Waals surface area contributed by atoms with Gasteiger partial charge in [0.2, 0.25) is 0 Å². The van der Waals surface area contributed by atoms with E-state index in [1.165, 1.54) is 0 Å². The summed E-state index contributed by atoms with van der Waals surface area (Å²) in [5.41, 5.74) is 3.32. The Hall–Kier alpha value is -0.823. The summed E-state index contributed by atoms with van der Waals surface area (Å²) in [7, 11) is -1.93. The highest BCUT2D eigenvalue weighted by Crippen LogP contribution is 2.44. The van der Waals surface area contributed by atoms with Crippen molar-refractivity contribution in [3.8, 4) is 0 Å². The number of aryl methyl sites for hydroxylation is 1. The number of benzene rings is 1. The van der Waals surface area contributed by atoms with Gasteiger partial charge in [0, 0.05) is 23.3 Å². The van der Waals surface area contributed by atoms with E-state index >= 15 is 4.39 Å². The minimum Gasteiger partial charge on any atom is -0.598 e. The first-order valence-electron chi connectivity index (χ1n) is 10.3. The zero-order valence-electron chi connectivity index (χ0n) is 18.7. The van der Waals surface area contributed by atoms with E-state index in [0.717, 1.165) is 10.9 Å². The summed E-state index contributed by atoms with van der Waals surface area (Å²) >= 11 is -1.43. The second kappa shape index (κ2) is 8.50. The molecule has 0 bridgehead atoms. The molecule has 2 N–H and O–H groups in total. The van der Waals surface area contributed by atoms with Gasteiger partial charge >= 0.3 is 0 Å². The van der Waals surface area contributed by atoms with Gasteiger partial charge in [0.15, 0.2) is 8.24 Å². The van der Waals surface area contributed by atoms with E-state index in [9.17, 15) is 4.55 Å². The lowest BCUT2D eigenvalue weighted by Crippen LogP contribution is -2.51. The maximum Gasteiger partial charge on any atom is 0.169 e. The summed E-state index contributed by atoms with van der Waals surface area (Å²) in [6.45, 7) is 17.6. The summed E-state index contributed by atoms with van der Waals surface area (Å²) in [5.74, 6) is -0.176. The fraction of sp³-hybridized carbons (Fsp3) is 0.636. The third-order valence-electron chi connectivity index (χ3n) is 6.59. The SMILES string of the molecule is CC(C)[Si](C(C)C)(C(C)C)n1ccc2cc(CCC(C)(C)[S+](N)[O-])c(F)cc21. The third kappa shape index (κ3) is 4.06. The number of hydrogen-bond acceptors (Lipinski definition) is 2. The van der Waals surface area contributed by atoms with Gasteiger partial charge in [-0.1, -0.05) is 41.5 Å². The summed E-state index contributed by atoms with van der Waals surface area (Å²) in [6.07, 6.45) is 3.30. The molecule has 0 aliphatic carbocycles. The first-order chi connectivity index (χ1) is 12.9. The summed E-state index contributed by atoms with van der Waals surface area (Å²) in [6, 6.07) is 5.81. The van der Waals surface area contributed by atoms with Crippen molar-refractivity contribution in [1.29, 1.82) is 0 Å². The molecule has 1 unspecified atom stereocenters. The van der Waals surface area contributed by atoms with Gasteiger partial charge in [-0.15, -0.1) is 0 Å². The van der Waals surface area contributed by atoms with Gasteiger partial charge in [-0.25, -0.2) is 4.39 Å². The quantitative estimate of drug-likeness (QED) is 0.409. The smallest absolute Gasteiger partial charge is 0.169 e. The largest absolute Gasteiger partial charge is 0.598 e. The Labute approximate surface area is 174 Å². The highest BCUT2D eigenvalue weighted by atomic mass is 32.2. The van der Waals surface area contributed by atoms with Crippen LogP contribution < -0.4 is 5.14 Å². The Morgan fingerprint density at radius 1 is 1.11 bits per heavy atom. The molecule has 1 aromatic heterocycles. The molecule has 2 rings (SSSR count). The van der Waals surface area contributed by atoms with Crippen LogP contribution in [0.25, 0.3) is 10.9 Å². The van der Waals surface area contributed by atoms with Crippen LogP contribution in [0.2, 0.25) is 16.6 Å². The molecule has 6 heteroatoms. The Morgan fingerprint density at radius 2 is 1.64 bits per heavy atom. The maximum atomic E-state index is 15.0. The Balaban J connectivity index is 2.52. The van der Waals surface area contributed by atoms with E-state index in [1.807, 2.05) is 19.9 Å². The molecule has 0 radical (unpaired) electrons. The molecule has 0 aliphatic rings. The van der Waals surface area contributed by atoms with Gasteiger partial charge < -0.3 is 8.79 Å². The zero-order valence-corrected chi connectivity index (χ0v) is 20.5. The highest BCUT2D eigenvalue weighted by molar-refractivity contribution is 7.90. The molecular weight excluding hydrogens is 387 g/mol. The van der Waals surface area contributed by atoms with Crippen LogP contribution >= 0.6 is 0 Å². The van der Waals surface area contributed by atoms with Gasteiger partial charge in [0.25, 0.3) is 0 Å². The van der Waals surface area contributed by atoms with Crippen molar-refractivity contribution in [3.05, 3.63) is 35.8 Å². The molecular formula is C22H37FN2OSSi. The molecule has 0 amide bonds. The van der Waals surface area contributed by atoms with Crippen molar-refractivity contribution >= 4 is 30.5 Å². The predicted molar refractivity (Wildman–Crippen MR) is 123 cm³/mol. The molecule has 0 spiro atoms. The van der Waals surface area contributed by atoms with Crippen LogP contribution in [-0.4, -0.2) is 21.8 Å². The fourth-order valence-corrected chi connectivity index (χ4v) is 12.0. The Kier molecular flexibility index (Phi) is 7.12. The minimum atomic E-state index is -1.93. The van der Waals surface area contributed by atoms with Crippen molar-refractivity contribution in [2.75, 3.05) is 0 Å². The highest BCUT2D eigenvalue weighted by Gasteiger charge is 2.45. The monoisotopic (exact) mass is 424 g/mol. The summed E-state index contributed by atoms with van der Waals surface area (Å²) in [4.78, 5) is 0. The molecule has 3 nitrogen and oxygen atoms in total. The van der Waals surface area contributed by atoms with Crippen molar-refractivity contribution in [2.45, 2.75) is 89.6 Å². The molecule has 2 aromatic rings. The molecule has 1 atom stereocenters. The van der Waals surface area contributed by atoms with Crippen LogP contribution in [-0.2, 0) is 17.8 Å². The van der Waals surface area contributed by atoms with E-state index in [1.54, 1.807) is 6.07 Å². The van der Waals surface area contributed by atoms with E-state index in [-0.39, 0.29) is 5.82 Å². The van der Waals surface area contributed by atoms with Crippen molar-refractivity contribution in [2.24, 2.45) is 5.14 Å². The zero-order chi connectivity index (χ0) is 21.4. The van der Waals surface area contributed by atoms with Crippen LogP contribution in [0.1, 0.15) is 67.4 Å². The van der Waals surface area contributed by atoms with E-state index < -0.39 is 24.3 Å². The number of aromatic nitrogens is 1. The Bertz CT molecular complexity index is 792. The first kappa shape index (κ1) is 23.5. The van der Waals surface area contributed by atoms with Gasteiger partial charge in [0.05, 0.1) is 0 Å². The van der Waals surface area contributed by atoms with E-state index in [4.69, 9.17) is 5.14 Å². The number of halogens is 1. The molecule has 158 valence electrons. The minimum absolute atomic E-state index is 0.176. The van der Waals surface area contributed by atoms with Gasteiger partial charge in [0.1, 0.15) is 10.6 Å². The van der Waals surface area contributed by atoms with Crippen LogP contribution in [0.15, 0.2) is 24.4 Å². The summed E-state index contributed by atoms with van der Waals surface area (Å²) < 4.78 is 28.6. The van der Waals surface area contributed by atoms with Gasteiger partial charge in [-0.2, -0.15) is 5.14 Å². The molecule has 0 fully saturated rings. The maximum absolute atomic E-state index is 15.0. The third-order valence-corrected chi connectivity index (χ3v) is 14.7. The molecule has 0 saturated carbocycles. The van der Waals surface area contributed by atoms with E-state index in [0.29, 0.717) is 35.0 Å². The van der Waals surface area contributed by atoms with Crippen LogP contribution in [0.3, 0.4) is 0 Å². The predicted octanol–water partition coefficient (Wildman–Crippen LogP) is 6.14. The van der Waals surface area contributed by atoms with Crippen LogP contribution in [0.4, 0.5) is 4.39 Å². The molecule has 1 aromatic carbocycles. The second-order valence-corrected chi connectivity index (χ2v) is 17.0. The fourth-order valence-electron chi connectivity index (χ4n) is 5.10. The topological polar surface area (TPSA) is 54.0 Å². The normalized spacial score (nSPS) is 14.6. The number of fused-ring (bicyclic) bond motifs is 1. The standard InChI is InChI=1S/C22H37FN2OSSi/c1-15(2)28(16(3)4,17(5)6)25-12-10-19-13-18(20(23)14-21(19)25)9-11-22(7,8)27(24)26/h10,12-17H,9,11,24H2,1-8H3. The van der Waals surface area contributed by atoms with Gasteiger partial charge in [-0.3, -0.25) is 0 Å². The second-order valence-electron chi connectivity index (χ2n) is 9.60. The molecule has 0 aliphatic heterocycles. The van der Waals surface area contributed by atoms with Crippen molar-refractivity contribution < 1.29 is 8.94 Å². The van der Waals surface area contributed by atoms with Crippen molar-refractivity contribution in [1.82, 2.24) is 4.23 Å². The average Bonchev–Trinajstić information content (AvgIpc) is 2.95. The molecule has 1 heterocycles. The molecule has 0 saturated heterocycles. The lowest BCUT2D eigenvalue weighted by Gasteiger charge is -2.44. The number of nitrogens with zero attached hydrogens (tertiary/aromatic N) is 1. The summed E-state index contributed by atoms with van der Waals surface area (Å²) in [5, 5.41) is 6.66. The number of nitrogens with two attached hydrogens (primary N) is 1. The Morgan fingerprint density at radius 3 is 2.11 bits per heavy atom. The lowest BCUT2D eigenvalue weighted by molar-refractivity contribution is 0.521. The van der Waals surface area contributed by atoms with E-state index in [2.05, 4.69) is 58.0 Å². The molecule has 28 heavy (non-hydrogen) atoms. The van der Waals surface area contributed by atoms with Crippen LogP contribution in [0, 0.1) is 5.82 Å². The van der Waals surface area contributed by atoms with Crippen LogP contribution in [0.5, 0.6) is 0 Å².